The largest absolute Gasteiger partial charge is 0.465 e. The first kappa shape index (κ1) is 19.6. The van der Waals surface area contributed by atoms with Gasteiger partial charge in [0.1, 0.15) is 6.29 Å². The van der Waals surface area contributed by atoms with Gasteiger partial charge in [-0.15, -0.1) is 0 Å². The lowest BCUT2D eigenvalue weighted by atomic mass is 9.63. The summed E-state index contributed by atoms with van der Waals surface area (Å²) in [5.41, 5.74) is -0.638. The Balaban J connectivity index is 2.83. The predicted molar refractivity (Wildman–Crippen MR) is 99.8 cm³/mol. The highest BCUT2D eigenvalue weighted by atomic mass is 16.5. The summed E-state index contributed by atoms with van der Waals surface area (Å²) in [6.45, 7) is 5.27. The van der Waals surface area contributed by atoms with Gasteiger partial charge in [-0.05, 0) is 18.1 Å². The molecule has 26 heavy (non-hydrogen) atoms. The standard InChI is InChI=1S/C22H24O4/c1-4-26-21(25)22(20(24)16(2)3,18-13-9-6-10-14-18)19(15-23)17-11-7-5-8-12-17/h5-16,19H,4H2,1-3H3. The van der Waals surface area contributed by atoms with E-state index in [0.717, 1.165) is 0 Å². The van der Waals surface area contributed by atoms with Crippen LogP contribution in [0.3, 0.4) is 0 Å². The van der Waals surface area contributed by atoms with Gasteiger partial charge in [0.15, 0.2) is 11.2 Å². The van der Waals surface area contributed by atoms with Crippen LogP contribution in [-0.2, 0) is 24.5 Å². The molecule has 4 heteroatoms. The van der Waals surface area contributed by atoms with E-state index in [0.29, 0.717) is 17.4 Å². The molecule has 0 heterocycles. The van der Waals surface area contributed by atoms with Gasteiger partial charge in [0, 0.05) is 5.92 Å². The van der Waals surface area contributed by atoms with E-state index in [4.69, 9.17) is 4.74 Å². The molecule has 0 saturated carbocycles. The Labute approximate surface area is 154 Å². The van der Waals surface area contributed by atoms with Crippen molar-refractivity contribution in [2.24, 2.45) is 5.92 Å². The molecule has 0 aliphatic rings. The Morgan fingerprint density at radius 2 is 1.54 bits per heavy atom. The second kappa shape index (κ2) is 8.56. The first-order chi connectivity index (χ1) is 12.5. The highest BCUT2D eigenvalue weighted by Crippen LogP contribution is 2.42. The number of carbonyl (C=O) groups excluding carboxylic acids is 3. The molecule has 2 atom stereocenters. The summed E-state index contributed by atoms with van der Waals surface area (Å²) in [6, 6.07) is 17.6. The minimum atomic E-state index is -1.71. The highest BCUT2D eigenvalue weighted by Gasteiger charge is 2.55. The Morgan fingerprint density at radius 1 is 1.00 bits per heavy atom. The summed E-state index contributed by atoms with van der Waals surface area (Å²) < 4.78 is 5.32. The zero-order chi connectivity index (χ0) is 19.2. The van der Waals surface area contributed by atoms with Crippen molar-refractivity contribution in [1.82, 2.24) is 0 Å². The van der Waals surface area contributed by atoms with Crippen LogP contribution >= 0.6 is 0 Å². The van der Waals surface area contributed by atoms with Crippen LogP contribution in [0.15, 0.2) is 60.7 Å². The van der Waals surface area contributed by atoms with E-state index < -0.39 is 23.2 Å². The molecule has 0 spiro atoms. The lowest BCUT2D eigenvalue weighted by Crippen LogP contribution is -2.52. The zero-order valence-corrected chi connectivity index (χ0v) is 15.3. The lowest BCUT2D eigenvalue weighted by Gasteiger charge is -2.36. The quantitative estimate of drug-likeness (QED) is 0.413. The average molecular weight is 352 g/mol. The monoisotopic (exact) mass is 352 g/mol. The molecule has 2 unspecified atom stereocenters. The SMILES string of the molecule is CCOC(=O)C(C(=O)C(C)C)(c1ccccc1)C(C=O)c1ccccc1. The van der Waals surface area contributed by atoms with E-state index in [1.54, 1.807) is 75.4 Å². The third-order valence-electron chi connectivity index (χ3n) is 4.50. The first-order valence-corrected chi connectivity index (χ1v) is 8.77. The van der Waals surface area contributed by atoms with Crippen LogP contribution in [0.25, 0.3) is 0 Å². The van der Waals surface area contributed by atoms with Crippen LogP contribution in [0.4, 0.5) is 0 Å². The third-order valence-corrected chi connectivity index (χ3v) is 4.50. The van der Waals surface area contributed by atoms with Crippen LogP contribution < -0.4 is 0 Å². The maximum absolute atomic E-state index is 13.4. The first-order valence-electron chi connectivity index (χ1n) is 8.77. The highest BCUT2D eigenvalue weighted by molar-refractivity contribution is 6.13. The fraction of sp³-hybridized carbons (Fsp3) is 0.318. The van der Waals surface area contributed by atoms with Crippen molar-refractivity contribution < 1.29 is 19.1 Å². The molecule has 0 amide bonds. The van der Waals surface area contributed by atoms with Gasteiger partial charge in [-0.25, -0.2) is 0 Å². The van der Waals surface area contributed by atoms with E-state index in [1.165, 1.54) is 0 Å². The van der Waals surface area contributed by atoms with E-state index >= 15 is 0 Å². The maximum Gasteiger partial charge on any atom is 0.325 e. The van der Waals surface area contributed by atoms with Crippen LogP contribution in [-0.4, -0.2) is 24.6 Å². The van der Waals surface area contributed by atoms with Crippen molar-refractivity contribution in [1.29, 1.82) is 0 Å². The van der Waals surface area contributed by atoms with Crippen molar-refractivity contribution in [2.45, 2.75) is 32.1 Å². The van der Waals surface area contributed by atoms with Crippen LogP contribution in [0.2, 0.25) is 0 Å². The number of Topliss-reactive ketones (excluding diaryl/α,β-unsaturated/α-hetero) is 1. The molecule has 2 aromatic rings. The van der Waals surface area contributed by atoms with Gasteiger partial charge < -0.3 is 9.53 Å². The molecule has 2 aromatic carbocycles. The molecule has 4 nitrogen and oxygen atoms in total. The molecule has 0 N–H and O–H groups in total. The molecule has 136 valence electrons. The van der Waals surface area contributed by atoms with Crippen LogP contribution in [0.1, 0.15) is 37.8 Å². The van der Waals surface area contributed by atoms with E-state index in [9.17, 15) is 14.4 Å². The number of carbonyl (C=O) groups is 3. The van der Waals surface area contributed by atoms with Gasteiger partial charge in [-0.1, -0.05) is 74.5 Å². The second-order valence-corrected chi connectivity index (χ2v) is 6.44. The number of hydrogen-bond acceptors (Lipinski definition) is 4. The van der Waals surface area contributed by atoms with E-state index in [1.807, 2.05) is 6.07 Å². The van der Waals surface area contributed by atoms with Crippen LogP contribution in [0.5, 0.6) is 0 Å². The Hall–Kier alpha value is -2.75. The summed E-state index contributed by atoms with van der Waals surface area (Å²) in [5.74, 6) is -2.44. The van der Waals surface area contributed by atoms with Gasteiger partial charge in [0.25, 0.3) is 0 Å². The van der Waals surface area contributed by atoms with Crippen molar-refractivity contribution in [3.8, 4) is 0 Å². The van der Waals surface area contributed by atoms with Crippen molar-refractivity contribution in [3.63, 3.8) is 0 Å². The molecule has 0 aliphatic carbocycles. The van der Waals surface area contributed by atoms with Crippen molar-refractivity contribution in [2.75, 3.05) is 6.61 Å². The number of benzene rings is 2. The number of esters is 1. The number of ether oxygens (including phenoxy) is 1. The lowest BCUT2D eigenvalue weighted by molar-refractivity contribution is -0.157. The summed E-state index contributed by atoms with van der Waals surface area (Å²) in [4.78, 5) is 38.8. The molecule has 0 aliphatic heterocycles. The van der Waals surface area contributed by atoms with E-state index in [2.05, 4.69) is 0 Å². The number of rotatable bonds is 8. The third kappa shape index (κ3) is 3.45. The van der Waals surface area contributed by atoms with Crippen LogP contribution in [0, 0.1) is 5.92 Å². The molecule has 2 rings (SSSR count). The van der Waals surface area contributed by atoms with Crippen molar-refractivity contribution >= 4 is 18.0 Å². The smallest absolute Gasteiger partial charge is 0.325 e. The van der Waals surface area contributed by atoms with Crippen molar-refractivity contribution in [3.05, 3.63) is 71.8 Å². The molecule has 0 saturated heterocycles. The predicted octanol–water partition coefficient (Wildman–Crippen LogP) is 3.70. The van der Waals surface area contributed by atoms with Gasteiger partial charge in [0.2, 0.25) is 0 Å². The number of hydrogen-bond donors (Lipinski definition) is 0. The molecule has 0 aromatic heterocycles. The summed E-state index contributed by atoms with van der Waals surface area (Å²) in [6.07, 6.45) is 0.680. The fourth-order valence-corrected chi connectivity index (χ4v) is 3.31. The summed E-state index contributed by atoms with van der Waals surface area (Å²) in [7, 11) is 0. The van der Waals surface area contributed by atoms with E-state index in [-0.39, 0.29) is 12.4 Å². The topological polar surface area (TPSA) is 60.4 Å². The molecular formula is C22H24O4. The van der Waals surface area contributed by atoms with Gasteiger partial charge >= 0.3 is 5.97 Å². The van der Waals surface area contributed by atoms with Gasteiger partial charge in [0.05, 0.1) is 12.5 Å². The summed E-state index contributed by atoms with van der Waals surface area (Å²) in [5, 5.41) is 0. The second-order valence-electron chi connectivity index (χ2n) is 6.44. The number of ketones is 1. The molecular weight excluding hydrogens is 328 g/mol. The molecule has 0 radical (unpaired) electrons. The zero-order valence-electron chi connectivity index (χ0n) is 15.3. The Kier molecular flexibility index (Phi) is 6.45. The Bertz CT molecular complexity index is 752. The fourth-order valence-electron chi connectivity index (χ4n) is 3.31. The molecule has 0 fully saturated rings. The minimum absolute atomic E-state index is 0.124. The average Bonchev–Trinajstić information content (AvgIpc) is 2.67. The minimum Gasteiger partial charge on any atom is -0.465 e. The molecule has 0 bridgehead atoms. The summed E-state index contributed by atoms with van der Waals surface area (Å²) >= 11 is 0. The maximum atomic E-state index is 13.4. The Morgan fingerprint density at radius 3 is 2.00 bits per heavy atom. The van der Waals surface area contributed by atoms with Gasteiger partial charge in [-0.3, -0.25) is 9.59 Å². The number of aldehydes is 1. The normalized spacial score (nSPS) is 14.3. The van der Waals surface area contributed by atoms with Gasteiger partial charge in [-0.2, -0.15) is 0 Å².